The molecule has 2 fully saturated rings. The van der Waals surface area contributed by atoms with Crippen molar-refractivity contribution in [3.8, 4) is 11.5 Å². The van der Waals surface area contributed by atoms with Crippen molar-refractivity contribution >= 4 is 12.0 Å². The molecule has 2 aliphatic heterocycles. The first kappa shape index (κ1) is 20.8. The monoisotopic (exact) mass is 446 g/mol. The second-order valence-corrected chi connectivity index (χ2v) is 8.52. The molecule has 0 radical (unpaired) electrons. The summed E-state index contributed by atoms with van der Waals surface area (Å²) in [6, 6.07) is 4.88. The number of ether oxygens (including phenoxy) is 1. The van der Waals surface area contributed by atoms with Gasteiger partial charge in [-0.2, -0.15) is 8.78 Å². The number of benzene rings is 1. The van der Waals surface area contributed by atoms with Gasteiger partial charge in [0.15, 0.2) is 0 Å². The normalized spacial score (nSPS) is 23.2. The Labute approximate surface area is 183 Å². The first-order valence-electron chi connectivity index (χ1n) is 11.0. The Bertz CT molecular complexity index is 1020. The molecule has 1 aliphatic carbocycles. The summed E-state index contributed by atoms with van der Waals surface area (Å²) in [4.78, 5) is 29.3. The fourth-order valence-corrected chi connectivity index (χ4v) is 4.84. The highest BCUT2D eigenvalue weighted by molar-refractivity contribution is 5.99. The maximum absolute atomic E-state index is 13.3. The van der Waals surface area contributed by atoms with Gasteiger partial charge in [0.2, 0.25) is 5.89 Å². The van der Waals surface area contributed by atoms with Gasteiger partial charge in [0, 0.05) is 30.8 Å². The molecule has 8 nitrogen and oxygen atoms in total. The maximum atomic E-state index is 13.3. The van der Waals surface area contributed by atoms with Crippen LogP contribution in [0.5, 0.6) is 0 Å². The van der Waals surface area contributed by atoms with Gasteiger partial charge in [-0.15, -0.1) is 10.2 Å². The highest BCUT2D eigenvalue weighted by atomic mass is 19.3. The fourth-order valence-electron chi connectivity index (χ4n) is 4.84. The highest BCUT2D eigenvalue weighted by Crippen LogP contribution is 2.35. The van der Waals surface area contributed by atoms with Crippen LogP contribution in [0, 0.1) is 0 Å². The molecule has 32 heavy (non-hydrogen) atoms. The minimum atomic E-state index is -2.85. The molecule has 3 aliphatic rings. The minimum Gasteiger partial charge on any atom is -0.444 e. The second-order valence-electron chi connectivity index (χ2n) is 8.52. The van der Waals surface area contributed by atoms with Crippen LogP contribution in [-0.4, -0.2) is 57.2 Å². The number of aromatic nitrogens is 2. The van der Waals surface area contributed by atoms with E-state index in [1.54, 1.807) is 28.0 Å². The molecule has 0 spiro atoms. The Morgan fingerprint density at radius 2 is 1.91 bits per heavy atom. The predicted octanol–water partition coefficient (Wildman–Crippen LogP) is 4.17. The summed E-state index contributed by atoms with van der Waals surface area (Å²) in [6.07, 6.45) is 1.92. The van der Waals surface area contributed by atoms with Gasteiger partial charge in [0.25, 0.3) is 11.8 Å². The Balaban J connectivity index is 1.34. The van der Waals surface area contributed by atoms with E-state index in [1.165, 1.54) is 0 Å². The zero-order valence-electron chi connectivity index (χ0n) is 17.5. The van der Waals surface area contributed by atoms with Gasteiger partial charge in [-0.05, 0) is 49.8 Å². The number of carbonyl (C=O) groups is 2. The summed E-state index contributed by atoms with van der Waals surface area (Å²) in [6.45, 7) is 1.86. The number of halogens is 2. The van der Waals surface area contributed by atoms with Gasteiger partial charge in [0.1, 0.15) is 6.10 Å². The Morgan fingerprint density at radius 1 is 1.12 bits per heavy atom. The minimum absolute atomic E-state index is 0.0514. The SMILES string of the molecule is O=C(OC1CCCCC1N1Cc2ccc(-c3nnc(C(F)F)o3)cc2C1=O)N1CCCC1. The molecule has 1 aromatic carbocycles. The molecule has 2 unspecified atom stereocenters. The Hall–Kier alpha value is -3.04. The first-order valence-corrected chi connectivity index (χ1v) is 11.0. The summed E-state index contributed by atoms with van der Waals surface area (Å²) >= 11 is 0. The van der Waals surface area contributed by atoms with Crippen molar-refractivity contribution in [2.75, 3.05) is 13.1 Å². The van der Waals surface area contributed by atoms with Crippen LogP contribution >= 0.6 is 0 Å². The van der Waals surface area contributed by atoms with Gasteiger partial charge >= 0.3 is 12.5 Å². The number of hydrogen-bond donors (Lipinski definition) is 0. The number of carbonyl (C=O) groups excluding carboxylic acids is 2. The molecule has 10 heteroatoms. The van der Waals surface area contributed by atoms with E-state index in [9.17, 15) is 18.4 Å². The highest BCUT2D eigenvalue weighted by Gasteiger charge is 2.40. The second kappa shape index (κ2) is 8.48. The van der Waals surface area contributed by atoms with Crippen molar-refractivity contribution in [3.63, 3.8) is 0 Å². The third kappa shape index (κ3) is 3.82. The summed E-state index contributed by atoms with van der Waals surface area (Å²) in [7, 11) is 0. The van der Waals surface area contributed by atoms with Gasteiger partial charge in [-0.1, -0.05) is 12.5 Å². The molecule has 2 aromatic rings. The number of fused-ring (bicyclic) bond motifs is 1. The topological polar surface area (TPSA) is 88.8 Å². The zero-order valence-corrected chi connectivity index (χ0v) is 17.5. The summed E-state index contributed by atoms with van der Waals surface area (Å²) < 4.78 is 36.4. The zero-order chi connectivity index (χ0) is 22.2. The summed E-state index contributed by atoms with van der Waals surface area (Å²) in [5.41, 5.74) is 1.73. The van der Waals surface area contributed by atoms with Gasteiger partial charge in [-0.25, -0.2) is 4.79 Å². The van der Waals surface area contributed by atoms with E-state index in [-0.39, 0.29) is 30.0 Å². The average molecular weight is 446 g/mol. The third-order valence-corrected chi connectivity index (χ3v) is 6.50. The summed E-state index contributed by atoms with van der Waals surface area (Å²) in [5, 5.41) is 7.01. The van der Waals surface area contributed by atoms with Crippen LogP contribution in [0.15, 0.2) is 22.6 Å². The van der Waals surface area contributed by atoms with Crippen molar-refractivity contribution < 1.29 is 27.5 Å². The molecule has 1 aromatic heterocycles. The molecule has 0 N–H and O–H groups in total. The predicted molar refractivity (Wildman–Crippen MR) is 108 cm³/mol. The Kier molecular flexibility index (Phi) is 5.52. The Morgan fingerprint density at radius 3 is 2.66 bits per heavy atom. The van der Waals surface area contributed by atoms with Crippen LogP contribution in [0.25, 0.3) is 11.5 Å². The van der Waals surface area contributed by atoms with Crippen LogP contribution in [0.2, 0.25) is 0 Å². The fraction of sp³-hybridized carbons (Fsp3) is 0.545. The molecule has 2 amide bonds. The van der Waals surface area contributed by atoms with Crippen LogP contribution in [0.3, 0.4) is 0 Å². The van der Waals surface area contributed by atoms with E-state index >= 15 is 0 Å². The van der Waals surface area contributed by atoms with E-state index in [2.05, 4.69) is 10.2 Å². The molecule has 170 valence electrons. The van der Waals surface area contributed by atoms with Crippen molar-refractivity contribution in [1.29, 1.82) is 0 Å². The smallest absolute Gasteiger partial charge is 0.410 e. The van der Waals surface area contributed by atoms with Crippen molar-refractivity contribution in [1.82, 2.24) is 20.0 Å². The van der Waals surface area contributed by atoms with Crippen LogP contribution in [-0.2, 0) is 11.3 Å². The van der Waals surface area contributed by atoms with Crippen molar-refractivity contribution in [2.45, 2.75) is 63.6 Å². The third-order valence-electron chi connectivity index (χ3n) is 6.50. The molecule has 1 saturated heterocycles. The van der Waals surface area contributed by atoms with Gasteiger partial charge in [0.05, 0.1) is 6.04 Å². The molecule has 2 atom stereocenters. The molecule has 1 saturated carbocycles. The van der Waals surface area contributed by atoms with Crippen LogP contribution < -0.4 is 0 Å². The lowest BCUT2D eigenvalue weighted by Crippen LogP contribution is -2.48. The number of hydrogen-bond acceptors (Lipinski definition) is 6. The number of amides is 2. The standard InChI is InChI=1S/C22H24F2N4O4/c23-18(24)20-26-25-19(32-20)13-7-8-14-12-28(21(29)15(14)11-13)16-5-1-2-6-17(16)31-22(30)27-9-3-4-10-27/h7-8,11,16-18H,1-6,9-10,12H2. The van der Waals surface area contributed by atoms with Crippen molar-refractivity contribution in [3.05, 3.63) is 35.2 Å². The van der Waals surface area contributed by atoms with Crippen LogP contribution in [0.4, 0.5) is 13.6 Å². The van der Waals surface area contributed by atoms with Gasteiger partial charge < -0.3 is 19.0 Å². The molecule has 0 bridgehead atoms. The lowest BCUT2D eigenvalue weighted by Gasteiger charge is -2.37. The van der Waals surface area contributed by atoms with E-state index in [0.29, 0.717) is 17.7 Å². The lowest BCUT2D eigenvalue weighted by molar-refractivity contribution is -0.00499. The largest absolute Gasteiger partial charge is 0.444 e. The van der Waals surface area contributed by atoms with E-state index in [0.717, 1.165) is 57.2 Å². The van der Waals surface area contributed by atoms with E-state index < -0.39 is 12.3 Å². The average Bonchev–Trinajstić information content (AvgIpc) is 3.55. The number of likely N-dealkylation sites (tertiary alicyclic amines) is 1. The lowest BCUT2D eigenvalue weighted by atomic mass is 9.91. The van der Waals surface area contributed by atoms with E-state index in [1.807, 2.05) is 0 Å². The quantitative estimate of drug-likeness (QED) is 0.700. The molecule has 5 rings (SSSR count). The maximum Gasteiger partial charge on any atom is 0.410 e. The molecule has 3 heterocycles. The number of nitrogens with zero attached hydrogens (tertiary/aromatic N) is 4. The van der Waals surface area contributed by atoms with Gasteiger partial charge in [-0.3, -0.25) is 4.79 Å². The number of rotatable bonds is 4. The summed E-state index contributed by atoms with van der Waals surface area (Å²) in [5.74, 6) is -0.965. The number of alkyl halides is 2. The first-order chi connectivity index (χ1) is 15.5. The van der Waals surface area contributed by atoms with Crippen LogP contribution in [0.1, 0.15) is 66.8 Å². The molecular formula is C22H24F2N4O4. The molecular weight excluding hydrogens is 422 g/mol. The van der Waals surface area contributed by atoms with E-state index in [4.69, 9.17) is 9.15 Å². The van der Waals surface area contributed by atoms with Crippen molar-refractivity contribution in [2.24, 2.45) is 0 Å².